The molecule has 1 amide bonds. The Bertz CT molecular complexity index is 538. The second-order valence-corrected chi connectivity index (χ2v) is 5.40. The molecule has 0 saturated carbocycles. The zero-order valence-electron chi connectivity index (χ0n) is 12.0. The average Bonchev–Trinajstić information content (AvgIpc) is 2.34. The Morgan fingerprint density at radius 2 is 2.10 bits per heavy atom. The van der Waals surface area contributed by atoms with Crippen molar-refractivity contribution in [1.82, 2.24) is 5.32 Å². The summed E-state index contributed by atoms with van der Waals surface area (Å²) in [7, 11) is 0. The van der Waals surface area contributed by atoms with Gasteiger partial charge in [0.15, 0.2) is 5.75 Å². The molecular formula is C13H18N2O6. The summed E-state index contributed by atoms with van der Waals surface area (Å²) in [4.78, 5) is 21.4. The van der Waals surface area contributed by atoms with Gasteiger partial charge >= 0.3 is 11.8 Å². The van der Waals surface area contributed by atoms with Crippen molar-refractivity contribution in [2.75, 3.05) is 6.54 Å². The second kappa shape index (κ2) is 6.40. The van der Waals surface area contributed by atoms with E-state index in [-0.39, 0.29) is 12.1 Å². The summed E-state index contributed by atoms with van der Waals surface area (Å²) in [5.41, 5.74) is -0.966. The Balaban J connectivity index is 2.68. The SMILES string of the molecule is CC(C)(C)OC(=O)NC[C@H](O)c1ccc(O)c([N+](=O)[O-])c1. The third-order valence-corrected chi connectivity index (χ3v) is 2.42. The lowest BCUT2D eigenvalue weighted by Gasteiger charge is -2.20. The number of benzene rings is 1. The highest BCUT2D eigenvalue weighted by Gasteiger charge is 2.20. The van der Waals surface area contributed by atoms with Crippen molar-refractivity contribution in [2.45, 2.75) is 32.5 Å². The monoisotopic (exact) mass is 298 g/mol. The first-order valence-electron chi connectivity index (χ1n) is 6.22. The molecule has 1 aromatic rings. The van der Waals surface area contributed by atoms with Gasteiger partial charge in [-0.25, -0.2) is 4.79 Å². The van der Waals surface area contributed by atoms with E-state index in [9.17, 15) is 25.1 Å². The van der Waals surface area contributed by atoms with Crippen LogP contribution in [-0.2, 0) is 4.74 Å². The topological polar surface area (TPSA) is 122 Å². The predicted molar refractivity (Wildman–Crippen MR) is 74.0 cm³/mol. The fraction of sp³-hybridized carbons (Fsp3) is 0.462. The summed E-state index contributed by atoms with van der Waals surface area (Å²) >= 11 is 0. The highest BCUT2D eigenvalue weighted by atomic mass is 16.6. The van der Waals surface area contributed by atoms with E-state index in [2.05, 4.69) is 5.32 Å². The van der Waals surface area contributed by atoms with E-state index < -0.39 is 34.2 Å². The predicted octanol–water partition coefficient (Wildman–Crippen LogP) is 1.86. The van der Waals surface area contributed by atoms with Crippen molar-refractivity contribution in [3.05, 3.63) is 33.9 Å². The van der Waals surface area contributed by atoms with Crippen LogP contribution in [0, 0.1) is 10.1 Å². The lowest BCUT2D eigenvalue weighted by molar-refractivity contribution is -0.386. The number of phenolic OH excluding ortho intramolecular Hbond substituents is 1. The van der Waals surface area contributed by atoms with Gasteiger partial charge in [0.1, 0.15) is 5.60 Å². The first-order valence-corrected chi connectivity index (χ1v) is 6.22. The molecule has 3 N–H and O–H groups in total. The summed E-state index contributed by atoms with van der Waals surface area (Å²) < 4.78 is 5.00. The maximum Gasteiger partial charge on any atom is 0.407 e. The summed E-state index contributed by atoms with van der Waals surface area (Å²) in [6, 6.07) is 3.50. The van der Waals surface area contributed by atoms with Crippen LogP contribution in [0.1, 0.15) is 32.4 Å². The molecule has 1 rings (SSSR count). The van der Waals surface area contributed by atoms with Crippen molar-refractivity contribution >= 4 is 11.8 Å². The summed E-state index contributed by atoms with van der Waals surface area (Å²) in [6.07, 6.45) is -1.85. The van der Waals surface area contributed by atoms with Gasteiger partial charge in [0.05, 0.1) is 17.6 Å². The number of phenols is 1. The quantitative estimate of drug-likeness (QED) is 0.576. The largest absolute Gasteiger partial charge is 0.502 e. The Morgan fingerprint density at radius 1 is 1.48 bits per heavy atom. The van der Waals surface area contributed by atoms with Crippen LogP contribution < -0.4 is 5.32 Å². The summed E-state index contributed by atoms with van der Waals surface area (Å²) in [5, 5.41) is 32.3. The number of carbonyl (C=O) groups is 1. The Hall–Kier alpha value is -2.35. The molecule has 0 saturated heterocycles. The molecule has 21 heavy (non-hydrogen) atoms. The van der Waals surface area contributed by atoms with Crippen LogP contribution in [0.15, 0.2) is 18.2 Å². The maximum absolute atomic E-state index is 11.4. The van der Waals surface area contributed by atoms with Gasteiger partial charge in [-0.15, -0.1) is 0 Å². The van der Waals surface area contributed by atoms with Crippen LogP contribution in [0.25, 0.3) is 0 Å². The minimum absolute atomic E-state index is 0.170. The average molecular weight is 298 g/mol. The van der Waals surface area contributed by atoms with E-state index in [1.165, 1.54) is 6.07 Å². The fourth-order valence-electron chi connectivity index (χ4n) is 1.51. The van der Waals surface area contributed by atoms with Crippen LogP contribution >= 0.6 is 0 Å². The smallest absolute Gasteiger partial charge is 0.407 e. The highest BCUT2D eigenvalue weighted by molar-refractivity contribution is 5.67. The van der Waals surface area contributed by atoms with Crippen molar-refractivity contribution < 1.29 is 24.7 Å². The third kappa shape index (κ3) is 5.27. The van der Waals surface area contributed by atoms with Crippen molar-refractivity contribution in [1.29, 1.82) is 0 Å². The molecule has 116 valence electrons. The maximum atomic E-state index is 11.4. The van der Waals surface area contributed by atoms with E-state index in [1.807, 2.05) is 0 Å². The van der Waals surface area contributed by atoms with Crippen molar-refractivity contribution in [2.24, 2.45) is 0 Å². The molecule has 0 aromatic heterocycles. The van der Waals surface area contributed by atoms with Crippen LogP contribution in [0.5, 0.6) is 5.75 Å². The number of ether oxygens (including phenoxy) is 1. The Labute approximate surface area is 121 Å². The van der Waals surface area contributed by atoms with E-state index in [1.54, 1.807) is 20.8 Å². The number of carbonyl (C=O) groups excluding carboxylic acids is 1. The fourth-order valence-corrected chi connectivity index (χ4v) is 1.51. The molecule has 1 aromatic carbocycles. The summed E-state index contributed by atoms with van der Waals surface area (Å²) in [6.45, 7) is 4.93. The molecule has 0 fully saturated rings. The molecule has 0 aliphatic heterocycles. The number of alkyl carbamates (subject to hydrolysis) is 1. The molecule has 8 heteroatoms. The highest BCUT2D eigenvalue weighted by Crippen LogP contribution is 2.28. The van der Waals surface area contributed by atoms with Crippen LogP contribution in [0.3, 0.4) is 0 Å². The number of aliphatic hydroxyl groups is 1. The van der Waals surface area contributed by atoms with Crippen molar-refractivity contribution in [3.63, 3.8) is 0 Å². The first kappa shape index (κ1) is 16.7. The van der Waals surface area contributed by atoms with Gasteiger partial charge in [-0.1, -0.05) is 6.07 Å². The number of amides is 1. The Morgan fingerprint density at radius 3 is 2.62 bits per heavy atom. The second-order valence-electron chi connectivity index (χ2n) is 5.40. The lowest BCUT2D eigenvalue weighted by Crippen LogP contribution is -2.34. The minimum Gasteiger partial charge on any atom is -0.502 e. The third-order valence-electron chi connectivity index (χ3n) is 2.42. The molecule has 0 spiro atoms. The van der Waals surface area contributed by atoms with E-state index in [0.29, 0.717) is 0 Å². The molecule has 0 radical (unpaired) electrons. The Kier molecular flexibility index (Phi) is 5.09. The van der Waals surface area contributed by atoms with E-state index >= 15 is 0 Å². The number of nitro benzene ring substituents is 1. The molecule has 0 unspecified atom stereocenters. The van der Waals surface area contributed by atoms with Crippen LogP contribution in [0.2, 0.25) is 0 Å². The molecule has 8 nitrogen and oxygen atoms in total. The number of hydrogen-bond acceptors (Lipinski definition) is 6. The van der Waals surface area contributed by atoms with Gasteiger partial charge in [0.2, 0.25) is 0 Å². The number of nitro groups is 1. The first-order chi connectivity index (χ1) is 9.60. The number of aromatic hydroxyl groups is 1. The number of nitrogens with one attached hydrogen (secondary N) is 1. The van der Waals surface area contributed by atoms with E-state index in [4.69, 9.17) is 4.74 Å². The zero-order chi connectivity index (χ0) is 16.2. The van der Waals surface area contributed by atoms with Crippen LogP contribution in [0.4, 0.5) is 10.5 Å². The van der Waals surface area contributed by atoms with Crippen molar-refractivity contribution in [3.8, 4) is 5.75 Å². The number of hydrogen-bond donors (Lipinski definition) is 3. The number of nitrogens with zero attached hydrogens (tertiary/aromatic N) is 1. The van der Waals surface area contributed by atoms with Gasteiger partial charge in [-0.3, -0.25) is 10.1 Å². The molecule has 0 aliphatic rings. The lowest BCUT2D eigenvalue weighted by atomic mass is 10.1. The zero-order valence-corrected chi connectivity index (χ0v) is 12.0. The van der Waals surface area contributed by atoms with Gasteiger partial charge < -0.3 is 20.3 Å². The van der Waals surface area contributed by atoms with Gasteiger partial charge in [-0.2, -0.15) is 0 Å². The van der Waals surface area contributed by atoms with Crippen LogP contribution in [-0.4, -0.2) is 33.4 Å². The molecule has 0 aliphatic carbocycles. The van der Waals surface area contributed by atoms with E-state index in [0.717, 1.165) is 12.1 Å². The minimum atomic E-state index is -1.16. The van der Waals surface area contributed by atoms with Gasteiger partial charge in [0.25, 0.3) is 0 Å². The molecule has 1 atom stereocenters. The molecular weight excluding hydrogens is 280 g/mol. The van der Waals surface area contributed by atoms with Gasteiger partial charge in [-0.05, 0) is 32.4 Å². The molecule has 0 heterocycles. The standard InChI is InChI=1S/C13H18N2O6/c1-13(2,3)21-12(18)14-7-11(17)8-4-5-10(16)9(6-8)15(19)20/h4-6,11,16-17H,7H2,1-3H3,(H,14,18)/t11-/m0/s1. The number of rotatable bonds is 4. The normalized spacial score (nSPS) is 12.6. The number of aliphatic hydroxyl groups excluding tert-OH is 1. The molecule has 0 bridgehead atoms. The van der Waals surface area contributed by atoms with Gasteiger partial charge in [0, 0.05) is 6.07 Å². The summed E-state index contributed by atoms with van der Waals surface area (Å²) in [5.74, 6) is -0.490.